The van der Waals surface area contributed by atoms with Crippen molar-refractivity contribution in [3.05, 3.63) is 47.7 Å². The molecule has 7 heteroatoms. The van der Waals surface area contributed by atoms with E-state index >= 15 is 0 Å². The molecule has 2 aromatic rings. The monoisotopic (exact) mass is 326 g/mol. The van der Waals surface area contributed by atoms with E-state index in [4.69, 9.17) is 0 Å². The van der Waals surface area contributed by atoms with E-state index in [-0.39, 0.29) is 0 Å². The van der Waals surface area contributed by atoms with E-state index in [2.05, 4.69) is 11.1 Å². The van der Waals surface area contributed by atoms with Crippen LogP contribution in [0.4, 0.5) is 13.2 Å². The predicted molar refractivity (Wildman–Crippen MR) is 76.3 cm³/mol. The minimum absolute atomic E-state index is 0.415. The van der Waals surface area contributed by atoms with Crippen molar-refractivity contribution in [2.24, 2.45) is 0 Å². The zero-order chi connectivity index (χ0) is 15.5. The smallest absolute Gasteiger partial charge is 0.249 e. The maximum absolute atomic E-state index is 12.5. The Kier molecular flexibility index (Phi) is 4.80. The van der Waals surface area contributed by atoms with Crippen LogP contribution in [0.25, 0.3) is 0 Å². The van der Waals surface area contributed by atoms with Crippen molar-refractivity contribution >= 4 is 23.5 Å². The molecule has 21 heavy (non-hydrogen) atoms. The SMILES string of the molecule is CSc1cccc(Sc2ccc(C(F)(F)F)cn2)c1C#N. The van der Waals surface area contributed by atoms with Crippen LogP contribution in [-0.2, 0) is 6.18 Å². The lowest BCUT2D eigenvalue weighted by molar-refractivity contribution is -0.137. The summed E-state index contributed by atoms with van der Waals surface area (Å²) in [6.45, 7) is 0. The first-order chi connectivity index (χ1) is 9.95. The van der Waals surface area contributed by atoms with Gasteiger partial charge in [-0.3, -0.25) is 0 Å². The molecular formula is C14H9F3N2S2. The van der Waals surface area contributed by atoms with Gasteiger partial charge >= 0.3 is 6.18 Å². The molecule has 108 valence electrons. The first kappa shape index (κ1) is 15.7. The third-order valence-electron chi connectivity index (χ3n) is 2.60. The number of rotatable bonds is 3. The first-order valence-corrected chi connectivity index (χ1v) is 7.78. The number of nitriles is 1. The molecule has 0 N–H and O–H groups in total. The third-order valence-corrected chi connectivity index (χ3v) is 4.39. The van der Waals surface area contributed by atoms with Crippen molar-refractivity contribution in [1.82, 2.24) is 4.98 Å². The second-order valence-electron chi connectivity index (χ2n) is 3.93. The molecule has 0 fully saturated rings. The number of aromatic nitrogens is 1. The molecular weight excluding hydrogens is 317 g/mol. The van der Waals surface area contributed by atoms with Crippen LogP contribution in [0.2, 0.25) is 0 Å². The number of hydrogen-bond acceptors (Lipinski definition) is 4. The Morgan fingerprint density at radius 2 is 1.86 bits per heavy atom. The van der Waals surface area contributed by atoms with Gasteiger partial charge < -0.3 is 0 Å². The summed E-state index contributed by atoms with van der Waals surface area (Å²) in [6.07, 6.45) is -1.74. The van der Waals surface area contributed by atoms with Crippen LogP contribution >= 0.6 is 23.5 Å². The summed E-state index contributed by atoms with van der Waals surface area (Å²) >= 11 is 2.62. The lowest BCUT2D eigenvalue weighted by Gasteiger charge is -2.08. The van der Waals surface area contributed by atoms with Gasteiger partial charge in [0.1, 0.15) is 11.1 Å². The van der Waals surface area contributed by atoms with Gasteiger partial charge in [0.05, 0.1) is 11.1 Å². The number of pyridine rings is 1. The minimum atomic E-state index is -4.40. The fraction of sp³-hybridized carbons (Fsp3) is 0.143. The van der Waals surface area contributed by atoms with E-state index in [0.717, 1.165) is 17.2 Å². The van der Waals surface area contributed by atoms with Crippen LogP contribution in [0.5, 0.6) is 0 Å². The molecule has 1 aromatic carbocycles. The van der Waals surface area contributed by atoms with Gasteiger partial charge in [-0.1, -0.05) is 17.8 Å². The molecule has 0 aliphatic rings. The number of thioether (sulfide) groups is 1. The zero-order valence-corrected chi connectivity index (χ0v) is 12.4. The van der Waals surface area contributed by atoms with Crippen molar-refractivity contribution < 1.29 is 13.2 Å². The summed E-state index contributed by atoms with van der Waals surface area (Å²) in [4.78, 5) is 5.30. The number of alkyl halides is 3. The zero-order valence-electron chi connectivity index (χ0n) is 10.8. The van der Waals surface area contributed by atoms with Gasteiger partial charge in [-0.2, -0.15) is 18.4 Å². The first-order valence-electron chi connectivity index (χ1n) is 5.74. The predicted octanol–water partition coefficient (Wildman–Crippen LogP) is 4.85. The van der Waals surface area contributed by atoms with Crippen LogP contribution in [-0.4, -0.2) is 11.2 Å². The van der Waals surface area contributed by atoms with E-state index < -0.39 is 11.7 Å². The summed E-state index contributed by atoms with van der Waals surface area (Å²) in [5, 5.41) is 9.63. The van der Waals surface area contributed by atoms with Gasteiger partial charge in [-0.15, -0.1) is 11.8 Å². The van der Waals surface area contributed by atoms with Crippen LogP contribution in [0.15, 0.2) is 51.3 Å². The van der Waals surface area contributed by atoms with Gasteiger partial charge in [0.15, 0.2) is 0 Å². The average Bonchev–Trinajstić information content (AvgIpc) is 2.46. The van der Waals surface area contributed by atoms with Crippen LogP contribution < -0.4 is 0 Å². The Morgan fingerprint density at radius 1 is 1.14 bits per heavy atom. The molecule has 0 atom stereocenters. The standard InChI is InChI=1S/C14H9F3N2S2/c1-20-11-3-2-4-12(10(11)7-18)21-13-6-5-9(8-19-13)14(15,16)17/h2-6,8H,1H3. The molecule has 0 aliphatic carbocycles. The fourth-order valence-corrected chi connectivity index (χ4v) is 3.11. The summed E-state index contributed by atoms with van der Waals surface area (Å²) in [5.41, 5.74) is -0.276. The highest BCUT2D eigenvalue weighted by Gasteiger charge is 2.30. The number of hydrogen-bond donors (Lipinski definition) is 0. The second kappa shape index (κ2) is 6.41. The van der Waals surface area contributed by atoms with Crippen molar-refractivity contribution in [2.75, 3.05) is 6.26 Å². The molecule has 2 rings (SSSR count). The maximum atomic E-state index is 12.5. The van der Waals surface area contributed by atoms with E-state index in [0.29, 0.717) is 15.5 Å². The molecule has 0 unspecified atom stereocenters. The highest BCUT2D eigenvalue weighted by Crippen LogP contribution is 2.35. The highest BCUT2D eigenvalue weighted by molar-refractivity contribution is 7.99. The maximum Gasteiger partial charge on any atom is 0.417 e. The van der Waals surface area contributed by atoms with E-state index in [1.165, 1.54) is 29.6 Å². The van der Waals surface area contributed by atoms with E-state index in [1.54, 1.807) is 12.1 Å². The molecule has 0 saturated carbocycles. The van der Waals surface area contributed by atoms with Crippen LogP contribution in [0, 0.1) is 11.3 Å². The summed E-state index contributed by atoms with van der Waals surface area (Å²) in [7, 11) is 0. The van der Waals surface area contributed by atoms with Crippen molar-refractivity contribution in [2.45, 2.75) is 21.0 Å². The molecule has 0 saturated heterocycles. The minimum Gasteiger partial charge on any atom is -0.249 e. The van der Waals surface area contributed by atoms with E-state index in [9.17, 15) is 18.4 Å². The quantitative estimate of drug-likeness (QED) is 0.756. The van der Waals surface area contributed by atoms with Crippen LogP contribution in [0.3, 0.4) is 0 Å². The van der Waals surface area contributed by atoms with Crippen molar-refractivity contribution in [1.29, 1.82) is 5.26 Å². The Balaban J connectivity index is 2.29. The average molecular weight is 326 g/mol. The Labute approximate surface area is 128 Å². The normalized spacial score (nSPS) is 11.2. The summed E-state index contributed by atoms with van der Waals surface area (Å²) in [6, 6.07) is 9.80. The molecule has 0 aliphatic heterocycles. The Bertz CT molecular complexity index is 676. The van der Waals surface area contributed by atoms with Crippen molar-refractivity contribution in [3.63, 3.8) is 0 Å². The molecule has 1 heterocycles. The van der Waals surface area contributed by atoms with Gasteiger partial charge in [0.25, 0.3) is 0 Å². The molecule has 2 nitrogen and oxygen atoms in total. The molecule has 0 amide bonds. The van der Waals surface area contributed by atoms with Crippen molar-refractivity contribution in [3.8, 4) is 6.07 Å². The summed E-state index contributed by atoms with van der Waals surface area (Å²) < 4.78 is 37.4. The molecule has 0 spiro atoms. The van der Waals surface area contributed by atoms with Gasteiger partial charge in [0, 0.05) is 16.0 Å². The summed E-state index contributed by atoms with van der Waals surface area (Å²) in [5.74, 6) is 0. The van der Waals surface area contributed by atoms with Gasteiger partial charge in [-0.25, -0.2) is 4.98 Å². The molecule has 1 aromatic heterocycles. The fourth-order valence-electron chi connectivity index (χ4n) is 1.60. The largest absolute Gasteiger partial charge is 0.417 e. The number of benzene rings is 1. The molecule has 0 radical (unpaired) electrons. The second-order valence-corrected chi connectivity index (χ2v) is 5.84. The molecule has 0 bridgehead atoms. The van der Waals surface area contributed by atoms with Gasteiger partial charge in [-0.05, 0) is 30.5 Å². The lowest BCUT2D eigenvalue weighted by Crippen LogP contribution is -2.05. The topological polar surface area (TPSA) is 36.7 Å². The number of nitrogens with zero attached hydrogens (tertiary/aromatic N) is 2. The number of halogens is 3. The third kappa shape index (κ3) is 3.71. The van der Waals surface area contributed by atoms with Gasteiger partial charge in [0.2, 0.25) is 0 Å². The Hall–Kier alpha value is -1.65. The lowest BCUT2D eigenvalue weighted by atomic mass is 10.2. The van der Waals surface area contributed by atoms with E-state index in [1.807, 2.05) is 12.3 Å². The Morgan fingerprint density at radius 3 is 2.38 bits per heavy atom. The van der Waals surface area contributed by atoms with Crippen LogP contribution in [0.1, 0.15) is 11.1 Å². The highest BCUT2D eigenvalue weighted by atomic mass is 32.2.